The molecule has 2 saturated heterocycles. The molecule has 0 saturated carbocycles. The number of nitrogens with one attached hydrogen (secondary N) is 1. The maximum atomic E-state index is 13.2. The highest BCUT2D eigenvalue weighted by Crippen LogP contribution is 2.32. The lowest BCUT2D eigenvalue weighted by Crippen LogP contribution is -2.56. The summed E-state index contributed by atoms with van der Waals surface area (Å²) in [7, 11) is 3.08. The van der Waals surface area contributed by atoms with Crippen LogP contribution < -0.4 is 14.8 Å². The lowest BCUT2D eigenvalue weighted by Gasteiger charge is -2.37. The lowest BCUT2D eigenvalue weighted by molar-refractivity contribution is -0.133. The molecule has 164 valence electrons. The van der Waals surface area contributed by atoms with Gasteiger partial charge in [0.2, 0.25) is 0 Å². The van der Waals surface area contributed by atoms with E-state index in [9.17, 15) is 14.4 Å². The lowest BCUT2D eigenvalue weighted by atomic mass is 9.87. The number of ether oxygens (including phenoxy) is 3. The molecular formula is C21H29N3O6. The van der Waals surface area contributed by atoms with Gasteiger partial charge in [-0.05, 0) is 51.3 Å². The summed E-state index contributed by atoms with van der Waals surface area (Å²) in [6.07, 6.45) is 0.276. The Bertz CT molecular complexity index is 817. The molecule has 0 bridgehead atoms. The number of methoxy groups -OCH3 is 2. The van der Waals surface area contributed by atoms with E-state index in [-0.39, 0.29) is 12.5 Å². The number of nitrogens with zero attached hydrogens (tertiary/aromatic N) is 2. The SMILES string of the molecule is COc1cc(CN2C(=O)NC3(CCN(C(=O)OC(C)(C)C)CC3)C2=O)cc(OC)c1. The smallest absolute Gasteiger partial charge is 0.410 e. The van der Waals surface area contributed by atoms with Crippen LogP contribution in [0.5, 0.6) is 11.5 Å². The fraction of sp³-hybridized carbons (Fsp3) is 0.571. The number of rotatable bonds is 4. The number of urea groups is 1. The number of imide groups is 1. The molecule has 1 aromatic carbocycles. The molecule has 1 N–H and O–H groups in total. The summed E-state index contributed by atoms with van der Waals surface area (Å²) in [6, 6.07) is 4.81. The van der Waals surface area contributed by atoms with Gasteiger partial charge in [-0.3, -0.25) is 9.69 Å². The molecule has 1 spiro atoms. The van der Waals surface area contributed by atoms with Gasteiger partial charge in [0.1, 0.15) is 22.6 Å². The van der Waals surface area contributed by atoms with Crippen molar-refractivity contribution in [3.63, 3.8) is 0 Å². The monoisotopic (exact) mass is 419 g/mol. The molecule has 9 heteroatoms. The molecule has 4 amide bonds. The Hall–Kier alpha value is -2.97. The Labute approximate surface area is 176 Å². The van der Waals surface area contributed by atoms with Crippen LogP contribution in [0.2, 0.25) is 0 Å². The molecule has 2 aliphatic heterocycles. The third-order valence-electron chi connectivity index (χ3n) is 5.27. The van der Waals surface area contributed by atoms with Crippen molar-refractivity contribution in [2.75, 3.05) is 27.3 Å². The van der Waals surface area contributed by atoms with Gasteiger partial charge in [0.15, 0.2) is 0 Å². The predicted molar refractivity (Wildman–Crippen MR) is 108 cm³/mol. The van der Waals surface area contributed by atoms with Crippen molar-refractivity contribution in [1.82, 2.24) is 15.1 Å². The summed E-state index contributed by atoms with van der Waals surface area (Å²) in [5, 5.41) is 2.85. The summed E-state index contributed by atoms with van der Waals surface area (Å²) in [6.45, 7) is 6.20. The van der Waals surface area contributed by atoms with Crippen molar-refractivity contribution in [3.05, 3.63) is 23.8 Å². The summed E-state index contributed by atoms with van der Waals surface area (Å²) in [5.41, 5.74) is -0.852. The molecular weight excluding hydrogens is 390 g/mol. The van der Waals surface area contributed by atoms with Crippen LogP contribution in [0.3, 0.4) is 0 Å². The molecule has 0 aliphatic carbocycles. The maximum absolute atomic E-state index is 13.2. The topological polar surface area (TPSA) is 97.4 Å². The van der Waals surface area contributed by atoms with Crippen LogP contribution in [0.25, 0.3) is 0 Å². The second-order valence-corrected chi connectivity index (χ2v) is 8.59. The van der Waals surface area contributed by atoms with Crippen molar-refractivity contribution in [1.29, 1.82) is 0 Å². The first kappa shape index (κ1) is 21.7. The maximum Gasteiger partial charge on any atom is 0.410 e. The molecule has 0 atom stereocenters. The van der Waals surface area contributed by atoms with E-state index in [1.807, 2.05) is 20.8 Å². The highest BCUT2D eigenvalue weighted by Gasteiger charge is 2.52. The number of hydrogen-bond acceptors (Lipinski definition) is 6. The number of carbonyl (C=O) groups excluding carboxylic acids is 3. The van der Waals surface area contributed by atoms with Crippen molar-refractivity contribution < 1.29 is 28.6 Å². The van der Waals surface area contributed by atoms with Crippen LogP contribution >= 0.6 is 0 Å². The zero-order valence-corrected chi connectivity index (χ0v) is 18.1. The Morgan fingerprint density at radius 1 is 1.07 bits per heavy atom. The molecule has 0 radical (unpaired) electrons. The number of benzene rings is 1. The fourth-order valence-electron chi connectivity index (χ4n) is 3.70. The van der Waals surface area contributed by atoms with E-state index >= 15 is 0 Å². The first-order chi connectivity index (χ1) is 14.1. The molecule has 1 aromatic rings. The Morgan fingerprint density at radius 3 is 2.13 bits per heavy atom. The Morgan fingerprint density at radius 2 is 1.63 bits per heavy atom. The predicted octanol–water partition coefficient (Wildman–Crippen LogP) is 2.53. The van der Waals surface area contributed by atoms with E-state index in [2.05, 4.69) is 5.32 Å². The minimum Gasteiger partial charge on any atom is -0.497 e. The number of amides is 4. The number of hydrogen-bond donors (Lipinski definition) is 1. The average molecular weight is 419 g/mol. The third kappa shape index (κ3) is 4.44. The van der Waals surface area contributed by atoms with Crippen LogP contribution in [0.15, 0.2) is 18.2 Å². The average Bonchev–Trinajstić information content (AvgIpc) is 2.91. The molecule has 2 heterocycles. The third-order valence-corrected chi connectivity index (χ3v) is 5.27. The standard InChI is InChI=1S/C21H29N3O6/c1-20(2,3)30-19(27)23-8-6-21(7-9-23)17(25)24(18(26)22-21)13-14-10-15(28-4)12-16(11-14)29-5/h10-12H,6-9,13H2,1-5H3,(H,22,26). The summed E-state index contributed by atoms with van der Waals surface area (Å²) < 4.78 is 15.9. The summed E-state index contributed by atoms with van der Waals surface area (Å²) in [4.78, 5) is 40.8. The normalized spacial score (nSPS) is 18.4. The summed E-state index contributed by atoms with van der Waals surface area (Å²) in [5.74, 6) is 0.881. The highest BCUT2D eigenvalue weighted by molar-refractivity contribution is 6.07. The second-order valence-electron chi connectivity index (χ2n) is 8.59. The molecule has 9 nitrogen and oxygen atoms in total. The first-order valence-electron chi connectivity index (χ1n) is 9.91. The van der Waals surface area contributed by atoms with E-state index in [1.165, 1.54) is 4.90 Å². The minimum absolute atomic E-state index is 0.107. The van der Waals surface area contributed by atoms with Gasteiger partial charge in [-0.15, -0.1) is 0 Å². The zero-order chi connectivity index (χ0) is 22.1. The van der Waals surface area contributed by atoms with E-state index in [4.69, 9.17) is 14.2 Å². The fourth-order valence-corrected chi connectivity index (χ4v) is 3.70. The van der Waals surface area contributed by atoms with Gasteiger partial charge in [-0.1, -0.05) is 0 Å². The van der Waals surface area contributed by atoms with Gasteiger partial charge in [0.05, 0.1) is 20.8 Å². The van der Waals surface area contributed by atoms with E-state index in [0.29, 0.717) is 37.4 Å². The van der Waals surface area contributed by atoms with Crippen molar-refractivity contribution in [3.8, 4) is 11.5 Å². The van der Waals surface area contributed by atoms with Gasteiger partial charge >= 0.3 is 12.1 Å². The van der Waals surface area contributed by atoms with Crippen LogP contribution in [-0.4, -0.2) is 66.3 Å². The van der Waals surface area contributed by atoms with Crippen LogP contribution in [0.4, 0.5) is 9.59 Å². The highest BCUT2D eigenvalue weighted by atomic mass is 16.6. The largest absolute Gasteiger partial charge is 0.497 e. The van der Waals surface area contributed by atoms with Crippen LogP contribution in [0.1, 0.15) is 39.2 Å². The van der Waals surface area contributed by atoms with Gasteiger partial charge in [0.25, 0.3) is 5.91 Å². The zero-order valence-electron chi connectivity index (χ0n) is 18.1. The van der Waals surface area contributed by atoms with Crippen LogP contribution in [-0.2, 0) is 16.1 Å². The Balaban J connectivity index is 1.69. The van der Waals surface area contributed by atoms with Gasteiger partial charge in [-0.2, -0.15) is 0 Å². The van der Waals surface area contributed by atoms with Gasteiger partial charge in [0, 0.05) is 19.2 Å². The summed E-state index contributed by atoms with van der Waals surface area (Å²) >= 11 is 0. The molecule has 2 aliphatic rings. The molecule has 3 rings (SSSR count). The minimum atomic E-state index is -0.988. The van der Waals surface area contributed by atoms with Crippen molar-refractivity contribution in [2.45, 2.75) is 51.3 Å². The van der Waals surface area contributed by atoms with E-state index < -0.39 is 23.3 Å². The quantitative estimate of drug-likeness (QED) is 0.754. The molecule has 30 heavy (non-hydrogen) atoms. The first-order valence-corrected chi connectivity index (χ1v) is 9.91. The van der Waals surface area contributed by atoms with Crippen molar-refractivity contribution >= 4 is 18.0 Å². The molecule has 0 unspecified atom stereocenters. The second kappa shape index (κ2) is 8.04. The van der Waals surface area contributed by atoms with Gasteiger partial charge in [-0.25, -0.2) is 9.59 Å². The van der Waals surface area contributed by atoms with E-state index in [1.54, 1.807) is 37.3 Å². The van der Waals surface area contributed by atoms with Crippen molar-refractivity contribution in [2.24, 2.45) is 0 Å². The van der Waals surface area contributed by atoms with Crippen LogP contribution in [0, 0.1) is 0 Å². The van der Waals surface area contributed by atoms with E-state index in [0.717, 1.165) is 5.56 Å². The number of piperidine rings is 1. The number of likely N-dealkylation sites (tertiary alicyclic amines) is 1. The molecule has 0 aromatic heterocycles. The molecule has 2 fully saturated rings. The Kier molecular flexibility index (Phi) is 5.83. The van der Waals surface area contributed by atoms with Gasteiger partial charge < -0.3 is 24.4 Å². The number of carbonyl (C=O) groups is 3.